The molecule has 0 amide bonds. The van der Waals surface area contributed by atoms with E-state index in [1.54, 1.807) is 0 Å². The zero-order valence-corrected chi connectivity index (χ0v) is 11.4. The topological polar surface area (TPSA) is 0 Å². The van der Waals surface area contributed by atoms with Gasteiger partial charge in [0.2, 0.25) is 0 Å². The van der Waals surface area contributed by atoms with Crippen LogP contribution < -0.4 is 0 Å². The molecule has 96 valence electrons. The van der Waals surface area contributed by atoms with Gasteiger partial charge in [-0.05, 0) is 44.5 Å². The maximum atomic E-state index is 3.92. The monoisotopic (exact) mass is 256 g/mol. The summed E-state index contributed by atoms with van der Waals surface area (Å²) in [6.07, 6.45) is 7.62. The van der Waals surface area contributed by atoms with Crippen molar-refractivity contribution >= 4 is 24.3 Å². The third-order valence-corrected chi connectivity index (χ3v) is 3.92. The lowest BCUT2D eigenvalue weighted by atomic mass is 9.71. The predicted octanol–water partition coefficient (Wildman–Crippen LogP) is 5.91. The van der Waals surface area contributed by atoms with E-state index >= 15 is 0 Å². The van der Waals surface area contributed by atoms with Crippen molar-refractivity contribution in [3.05, 3.63) is 72.8 Å². The quantitative estimate of drug-likeness (QED) is 0.544. The van der Waals surface area contributed by atoms with Crippen molar-refractivity contribution in [1.29, 1.82) is 0 Å². The third kappa shape index (κ3) is 1.42. The Balaban J connectivity index is 2.44. The van der Waals surface area contributed by atoms with Crippen LogP contribution in [0.2, 0.25) is 0 Å². The van der Waals surface area contributed by atoms with Gasteiger partial charge in [0.05, 0.1) is 0 Å². The lowest BCUT2D eigenvalue weighted by Gasteiger charge is -2.31. The summed E-state index contributed by atoms with van der Waals surface area (Å²) >= 11 is 0. The van der Waals surface area contributed by atoms with Crippen molar-refractivity contribution in [3.63, 3.8) is 0 Å². The summed E-state index contributed by atoms with van der Waals surface area (Å²) in [4.78, 5) is 0. The molecule has 2 aromatic rings. The summed E-state index contributed by atoms with van der Waals surface area (Å²) in [7, 11) is 0. The normalized spacial score (nSPS) is 10.8. The summed E-state index contributed by atoms with van der Waals surface area (Å²) < 4.78 is 0. The smallest absolute Gasteiger partial charge is 0.00141 e. The Labute approximate surface area is 120 Å². The molecule has 1 aliphatic carbocycles. The maximum Gasteiger partial charge on any atom is -0.00141 e. The molecule has 0 N–H and O–H groups in total. The molecule has 3 rings (SSSR count). The van der Waals surface area contributed by atoms with Crippen LogP contribution in [0.5, 0.6) is 0 Å². The first-order chi connectivity index (χ1) is 9.76. The van der Waals surface area contributed by atoms with Gasteiger partial charge in [-0.3, -0.25) is 0 Å². The maximum absolute atomic E-state index is 3.92. The first-order valence-electron chi connectivity index (χ1n) is 6.61. The second kappa shape index (κ2) is 4.50. The minimum atomic E-state index is 1.16. The number of benzene rings is 2. The first kappa shape index (κ1) is 12.4. The molecule has 0 radical (unpaired) electrons. The van der Waals surface area contributed by atoms with Crippen LogP contribution in [0, 0.1) is 0 Å². The Morgan fingerprint density at radius 2 is 0.650 bits per heavy atom. The van der Waals surface area contributed by atoms with Crippen molar-refractivity contribution in [2.45, 2.75) is 0 Å². The fourth-order valence-corrected chi connectivity index (χ4v) is 2.97. The predicted molar refractivity (Wildman–Crippen MR) is 91.2 cm³/mol. The van der Waals surface area contributed by atoms with Crippen molar-refractivity contribution in [1.82, 2.24) is 0 Å². The molecule has 0 heteroatoms. The van der Waals surface area contributed by atoms with E-state index in [1.165, 1.54) is 22.3 Å². The lowest BCUT2D eigenvalue weighted by Crippen LogP contribution is -2.07. The van der Waals surface area contributed by atoms with Crippen LogP contribution in [0.3, 0.4) is 0 Å². The zero-order chi connectivity index (χ0) is 14.3. The Kier molecular flexibility index (Phi) is 2.80. The van der Waals surface area contributed by atoms with Gasteiger partial charge in [0.25, 0.3) is 0 Å². The molecule has 0 aliphatic heterocycles. The van der Waals surface area contributed by atoms with Gasteiger partial charge in [-0.25, -0.2) is 0 Å². The second-order valence-electron chi connectivity index (χ2n) is 4.80. The van der Waals surface area contributed by atoms with Crippen LogP contribution in [0.25, 0.3) is 46.6 Å². The van der Waals surface area contributed by atoms with E-state index < -0.39 is 0 Å². The van der Waals surface area contributed by atoms with Gasteiger partial charge in [0, 0.05) is 0 Å². The second-order valence-corrected chi connectivity index (χ2v) is 4.80. The van der Waals surface area contributed by atoms with E-state index in [-0.39, 0.29) is 0 Å². The number of hydrogen-bond donors (Lipinski definition) is 0. The van der Waals surface area contributed by atoms with Gasteiger partial charge in [0.1, 0.15) is 0 Å². The van der Waals surface area contributed by atoms with E-state index in [1.807, 2.05) is 24.3 Å². The number of fused-ring (bicyclic) bond motifs is 4. The molecule has 0 spiro atoms. The molecule has 2 aromatic carbocycles. The molecule has 0 saturated carbocycles. The number of rotatable bonds is 4. The van der Waals surface area contributed by atoms with Gasteiger partial charge in [-0.2, -0.15) is 0 Å². The molecule has 0 atom stereocenters. The molecule has 0 bridgehead atoms. The van der Waals surface area contributed by atoms with E-state index in [9.17, 15) is 0 Å². The van der Waals surface area contributed by atoms with Gasteiger partial charge >= 0.3 is 0 Å². The van der Waals surface area contributed by atoms with Crippen LogP contribution in [-0.2, 0) is 0 Å². The summed E-state index contributed by atoms with van der Waals surface area (Å²) in [5.41, 5.74) is 9.64. The first-order valence-corrected chi connectivity index (χ1v) is 6.61. The lowest BCUT2D eigenvalue weighted by molar-refractivity contribution is 1.46. The van der Waals surface area contributed by atoms with Crippen LogP contribution >= 0.6 is 0 Å². The summed E-state index contributed by atoms with van der Waals surface area (Å²) in [6.45, 7) is 15.7. The standard InChI is InChI=1S/C20H16/c1-5-13-9-10-14(6-2)18-17(13)19-15(7-3)11-12-16(8-4)20(18)19/h5-12H,1-4H2. The van der Waals surface area contributed by atoms with E-state index in [0.717, 1.165) is 22.3 Å². The fraction of sp³-hybridized carbons (Fsp3) is 0. The molecule has 20 heavy (non-hydrogen) atoms. The minimum absolute atomic E-state index is 1.16. The third-order valence-electron chi connectivity index (χ3n) is 3.92. The Hall–Kier alpha value is -2.60. The Bertz CT molecular complexity index is 625. The molecule has 0 heterocycles. The number of hydrogen-bond acceptors (Lipinski definition) is 0. The van der Waals surface area contributed by atoms with Gasteiger partial charge in [-0.15, -0.1) is 0 Å². The molecular weight excluding hydrogens is 240 g/mol. The van der Waals surface area contributed by atoms with E-state index in [2.05, 4.69) is 50.6 Å². The SMILES string of the molecule is C=Cc1ccc(C=C)c2c1-c1c(C=C)ccc(C=C)c1-2. The molecule has 0 unspecified atom stereocenters. The highest BCUT2D eigenvalue weighted by molar-refractivity contribution is 6.13. The van der Waals surface area contributed by atoms with Crippen LogP contribution in [-0.4, -0.2) is 0 Å². The van der Waals surface area contributed by atoms with E-state index in [4.69, 9.17) is 0 Å². The Morgan fingerprint density at radius 1 is 0.450 bits per heavy atom. The molecule has 1 aliphatic rings. The summed E-state index contributed by atoms with van der Waals surface area (Å²) in [5, 5.41) is 0. The molecule has 0 saturated heterocycles. The molecule has 0 fully saturated rings. The van der Waals surface area contributed by atoms with Crippen LogP contribution in [0.4, 0.5) is 0 Å². The summed E-state index contributed by atoms with van der Waals surface area (Å²) in [6, 6.07) is 8.39. The molecule has 0 nitrogen and oxygen atoms in total. The highest BCUT2D eigenvalue weighted by Gasteiger charge is 2.30. The molecular formula is C20H16. The van der Waals surface area contributed by atoms with Crippen LogP contribution in [0.15, 0.2) is 50.6 Å². The largest absolute Gasteiger partial charge is 0.0984 e. The highest BCUT2D eigenvalue weighted by Crippen LogP contribution is 2.55. The fourth-order valence-electron chi connectivity index (χ4n) is 2.97. The van der Waals surface area contributed by atoms with Crippen molar-refractivity contribution in [2.75, 3.05) is 0 Å². The van der Waals surface area contributed by atoms with Gasteiger partial charge < -0.3 is 0 Å². The van der Waals surface area contributed by atoms with Gasteiger partial charge in [-0.1, -0.05) is 74.9 Å². The Morgan fingerprint density at radius 3 is 0.800 bits per heavy atom. The zero-order valence-electron chi connectivity index (χ0n) is 11.4. The highest BCUT2D eigenvalue weighted by atomic mass is 14.3. The minimum Gasteiger partial charge on any atom is -0.0984 e. The van der Waals surface area contributed by atoms with Gasteiger partial charge in [0.15, 0.2) is 0 Å². The van der Waals surface area contributed by atoms with Crippen molar-refractivity contribution < 1.29 is 0 Å². The average Bonchev–Trinajstić information content (AvgIpc) is 2.49. The summed E-state index contributed by atoms with van der Waals surface area (Å²) in [5.74, 6) is 0. The molecule has 0 aromatic heterocycles. The van der Waals surface area contributed by atoms with Crippen molar-refractivity contribution in [2.24, 2.45) is 0 Å². The van der Waals surface area contributed by atoms with Crippen LogP contribution in [0.1, 0.15) is 22.3 Å². The van der Waals surface area contributed by atoms with Crippen molar-refractivity contribution in [3.8, 4) is 22.3 Å². The average molecular weight is 256 g/mol. The van der Waals surface area contributed by atoms with E-state index in [0.29, 0.717) is 0 Å².